The fourth-order valence-electron chi connectivity index (χ4n) is 3.70. The summed E-state index contributed by atoms with van der Waals surface area (Å²) in [7, 11) is 2.22. The molecule has 3 atom stereocenters. The first-order valence-electron chi connectivity index (χ1n) is 7.25. The Labute approximate surface area is 110 Å². The molecule has 2 heteroatoms. The number of nitrogens with one attached hydrogen (secondary N) is 1. The summed E-state index contributed by atoms with van der Waals surface area (Å²) in [5, 5.41) is 3.73. The van der Waals surface area contributed by atoms with Gasteiger partial charge >= 0.3 is 0 Å². The summed E-state index contributed by atoms with van der Waals surface area (Å²) in [5.74, 6) is 1.89. The third kappa shape index (κ3) is 2.26. The van der Waals surface area contributed by atoms with Crippen molar-refractivity contribution in [3.8, 4) is 0 Å². The average molecular weight is 244 g/mol. The van der Waals surface area contributed by atoms with Crippen molar-refractivity contribution < 1.29 is 0 Å². The van der Waals surface area contributed by atoms with E-state index in [1.165, 1.54) is 37.1 Å². The van der Waals surface area contributed by atoms with Crippen molar-refractivity contribution in [2.24, 2.45) is 11.8 Å². The molecule has 3 unspecified atom stereocenters. The van der Waals surface area contributed by atoms with E-state index in [1.54, 1.807) is 0 Å². The third-order valence-corrected chi connectivity index (χ3v) is 4.82. The largest absolute Gasteiger partial charge is 0.373 e. The van der Waals surface area contributed by atoms with Gasteiger partial charge in [0.25, 0.3) is 0 Å². The fraction of sp³-hybridized carbons (Fsp3) is 0.625. The number of rotatable bonds is 3. The van der Waals surface area contributed by atoms with Gasteiger partial charge in [-0.25, -0.2) is 0 Å². The minimum absolute atomic E-state index is 0.698. The number of hydrogen-bond acceptors (Lipinski definition) is 2. The van der Waals surface area contributed by atoms with E-state index in [0.29, 0.717) is 6.04 Å². The Balaban J connectivity index is 1.64. The molecule has 0 amide bonds. The van der Waals surface area contributed by atoms with E-state index < -0.39 is 0 Å². The summed E-state index contributed by atoms with van der Waals surface area (Å²) < 4.78 is 0. The molecule has 98 valence electrons. The predicted octanol–water partition coefficient (Wildman–Crippen LogP) is 2.82. The van der Waals surface area contributed by atoms with Gasteiger partial charge in [0.2, 0.25) is 0 Å². The van der Waals surface area contributed by atoms with E-state index in [0.717, 1.165) is 18.4 Å². The van der Waals surface area contributed by atoms with Crippen LogP contribution in [-0.2, 0) is 0 Å². The van der Waals surface area contributed by atoms with Gasteiger partial charge in [-0.2, -0.15) is 0 Å². The van der Waals surface area contributed by atoms with Gasteiger partial charge < -0.3 is 10.2 Å². The van der Waals surface area contributed by atoms with Gasteiger partial charge in [0.1, 0.15) is 0 Å². The molecule has 3 rings (SSSR count). The summed E-state index contributed by atoms with van der Waals surface area (Å²) in [4.78, 5) is 2.40. The standard InChI is InChI=1S/C16H24N2/c1-12-6-8-14(9-7-12)18(2)11-16-15-5-3-4-13(15)10-17-16/h6-9,13,15-17H,3-5,10-11H2,1-2H3. The van der Waals surface area contributed by atoms with Crippen LogP contribution < -0.4 is 10.2 Å². The normalized spacial score (nSPS) is 30.4. The van der Waals surface area contributed by atoms with Gasteiger partial charge in [-0.3, -0.25) is 0 Å². The first-order valence-corrected chi connectivity index (χ1v) is 7.25. The predicted molar refractivity (Wildman–Crippen MR) is 77.1 cm³/mol. The molecule has 2 fully saturated rings. The molecule has 0 radical (unpaired) electrons. The highest BCUT2D eigenvalue weighted by Gasteiger charge is 2.38. The Bertz CT molecular complexity index is 398. The Hall–Kier alpha value is -1.02. The molecule has 18 heavy (non-hydrogen) atoms. The topological polar surface area (TPSA) is 15.3 Å². The molecule has 1 aromatic rings. The second-order valence-electron chi connectivity index (χ2n) is 6.09. The summed E-state index contributed by atoms with van der Waals surface area (Å²) in [6.45, 7) is 4.53. The van der Waals surface area contributed by atoms with Crippen LogP contribution in [0.3, 0.4) is 0 Å². The number of fused-ring (bicyclic) bond motifs is 1. The van der Waals surface area contributed by atoms with Gasteiger partial charge in [0, 0.05) is 25.3 Å². The van der Waals surface area contributed by atoms with Crippen LogP contribution >= 0.6 is 0 Å². The Morgan fingerprint density at radius 3 is 2.78 bits per heavy atom. The van der Waals surface area contributed by atoms with Crippen molar-refractivity contribution in [1.82, 2.24) is 5.32 Å². The molecule has 0 spiro atoms. The van der Waals surface area contributed by atoms with Crippen LogP contribution in [0.4, 0.5) is 5.69 Å². The van der Waals surface area contributed by atoms with E-state index in [2.05, 4.69) is 48.5 Å². The highest BCUT2D eigenvalue weighted by atomic mass is 15.1. The lowest BCUT2D eigenvalue weighted by Crippen LogP contribution is -2.38. The zero-order valence-electron chi connectivity index (χ0n) is 11.5. The molecule has 0 bridgehead atoms. The Morgan fingerprint density at radius 1 is 1.22 bits per heavy atom. The Morgan fingerprint density at radius 2 is 2.00 bits per heavy atom. The van der Waals surface area contributed by atoms with Crippen molar-refractivity contribution in [2.45, 2.75) is 32.2 Å². The highest BCUT2D eigenvalue weighted by molar-refractivity contribution is 5.46. The summed E-state index contributed by atoms with van der Waals surface area (Å²) in [5.41, 5.74) is 2.67. The molecule has 1 N–H and O–H groups in total. The Kier molecular flexibility index (Phi) is 3.29. The van der Waals surface area contributed by atoms with Crippen LogP contribution in [0, 0.1) is 18.8 Å². The average Bonchev–Trinajstić information content (AvgIpc) is 2.95. The van der Waals surface area contributed by atoms with Gasteiger partial charge in [0.15, 0.2) is 0 Å². The lowest BCUT2D eigenvalue weighted by Gasteiger charge is -2.26. The van der Waals surface area contributed by atoms with Crippen molar-refractivity contribution in [3.05, 3.63) is 29.8 Å². The molecule has 1 aliphatic carbocycles. The van der Waals surface area contributed by atoms with Crippen LogP contribution in [-0.4, -0.2) is 26.2 Å². The lowest BCUT2D eigenvalue weighted by molar-refractivity contribution is 0.413. The van der Waals surface area contributed by atoms with Crippen molar-refractivity contribution in [2.75, 3.05) is 25.0 Å². The monoisotopic (exact) mass is 244 g/mol. The summed E-state index contributed by atoms with van der Waals surface area (Å²) in [6.07, 6.45) is 4.33. The van der Waals surface area contributed by atoms with Gasteiger partial charge in [-0.15, -0.1) is 0 Å². The molecule has 2 nitrogen and oxygen atoms in total. The maximum Gasteiger partial charge on any atom is 0.0364 e. The number of aryl methyl sites for hydroxylation is 1. The minimum Gasteiger partial charge on any atom is -0.373 e. The smallest absolute Gasteiger partial charge is 0.0364 e. The molecular weight excluding hydrogens is 220 g/mol. The first kappa shape index (κ1) is 12.0. The second-order valence-corrected chi connectivity index (χ2v) is 6.09. The third-order valence-electron chi connectivity index (χ3n) is 4.82. The minimum atomic E-state index is 0.698. The molecule has 2 aliphatic rings. The van der Waals surface area contributed by atoms with Crippen LogP contribution in [0.2, 0.25) is 0 Å². The van der Waals surface area contributed by atoms with E-state index in [4.69, 9.17) is 0 Å². The lowest BCUT2D eigenvalue weighted by atomic mass is 9.94. The molecule has 1 saturated heterocycles. The van der Waals surface area contributed by atoms with Gasteiger partial charge in [0.05, 0.1) is 0 Å². The molecule has 1 aliphatic heterocycles. The van der Waals surface area contributed by atoms with Gasteiger partial charge in [-0.1, -0.05) is 24.1 Å². The van der Waals surface area contributed by atoms with Crippen molar-refractivity contribution in [3.63, 3.8) is 0 Å². The number of hydrogen-bond donors (Lipinski definition) is 1. The van der Waals surface area contributed by atoms with E-state index in [1.807, 2.05) is 0 Å². The van der Waals surface area contributed by atoms with Crippen LogP contribution in [0.1, 0.15) is 24.8 Å². The molecule has 1 heterocycles. The maximum atomic E-state index is 3.73. The number of benzene rings is 1. The fourth-order valence-corrected chi connectivity index (χ4v) is 3.70. The number of anilines is 1. The zero-order chi connectivity index (χ0) is 12.5. The zero-order valence-corrected chi connectivity index (χ0v) is 11.5. The van der Waals surface area contributed by atoms with Gasteiger partial charge in [-0.05, 0) is 50.3 Å². The molecular formula is C16H24N2. The SMILES string of the molecule is Cc1ccc(N(C)CC2NCC3CCCC32)cc1. The van der Waals surface area contributed by atoms with Crippen molar-refractivity contribution >= 4 is 5.69 Å². The molecule has 1 saturated carbocycles. The molecule has 0 aromatic heterocycles. The first-order chi connectivity index (χ1) is 8.74. The quantitative estimate of drug-likeness (QED) is 0.879. The van der Waals surface area contributed by atoms with Crippen LogP contribution in [0.15, 0.2) is 24.3 Å². The maximum absolute atomic E-state index is 3.73. The highest BCUT2D eigenvalue weighted by Crippen LogP contribution is 2.38. The van der Waals surface area contributed by atoms with Crippen LogP contribution in [0.25, 0.3) is 0 Å². The van der Waals surface area contributed by atoms with E-state index in [9.17, 15) is 0 Å². The number of likely N-dealkylation sites (N-methyl/N-ethyl adjacent to an activating group) is 1. The molecule has 1 aromatic carbocycles. The van der Waals surface area contributed by atoms with E-state index in [-0.39, 0.29) is 0 Å². The number of nitrogens with zero attached hydrogens (tertiary/aromatic N) is 1. The second kappa shape index (κ2) is 4.93. The summed E-state index contributed by atoms with van der Waals surface area (Å²) in [6, 6.07) is 9.56. The van der Waals surface area contributed by atoms with Crippen molar-refractivity contribution in [1.29, 1.82) is 0 Å². The van der Waals surface area contributed by atoms with E-state index >= 15 is 0 Å². The van der Waals surface area contributed by atoms with Crippen LogP contribution in [0.5, 0.6) is 0 Å². The summed E-state index contributed by atoms with van der Waals surface area (Å²) >= 11 is 0.